The first-order valence-corrected chi connectivity index (χ1v) is 2.10. The SMILES string of the molecule is N#CC1=CCOC1. The molecule has 0 atom stereocenters. The van der Waals surface area contributed by atoms with Gasteiger partial charge in [-0.1, -0.05) is 0 Å². The van der Waals surface area contributed by atoms with Crippen LogP contribution in [0.15, 0.2) is 11.6 Å². The number of nitriles is 1. The number of nitrogens with zero attached hydrogens (tertiary/aromatic N) is 1. The van der Waals surface area contributed by atoms with Crippen molar-refractivity contribution in [3.63, 3.8) is 0 Å². The van der Waals surface area contributed by atoms with E-state index in [9.17, 15) is 0 Å². The average molecular weight is 95.1 g/mol. The minimum absolute atomic E-state index is 0.510. The lowest BCUT2D eigenvalue weighted by atomic mass is 10.3. The van der Waals surface area contributed by atoms with Gasteiger partial charge in [0.2, 0.25) is 0 Å². The normalized spacial score (nSPS) is 18.4. The zero-order valence-electron chi connectivity index (χ0n) is 3.85. The van der Waals surface area contributed by atoms with Crippen LogP contribution < -0.4 is 0 Å². The molecule has 0 saturated carbocycles. The minimum atomic E-state index is 0.510. The van der Waals surface area contributed by atoms with Crippen LogP contribution in [0.25, 0.3) is 0 Å². The molecule has 1 aliphatic rings. The van der Waals surface area contributed by atoms with Crippen LogP contribution in [0.5, 0.6) is 0 Å². The van der Waals surface area contributed by atoms with Crippen molar-refractivity contribution in [1.29, 1.82) is 5.26 Å². The molecule has 0 fully saturated rings. The van der Waals surface area contributed by atoms with Gasteiger partial charge in [-0.15, -0.1) is 0 Å². The molecule has 0 amide bonds. The summed E-state index contributed by atoms with van der Waals surface area (Å²) in [6, 6.07) is 2.00. The van der Waals surface area contributed by atoms with E-state index < -0.39 is 0 Å². The summed E-state index contributed by atoms with van der Waals surface area (Å²) in [5.41, 5.74) is 0.750. The van der Waals surface area contributed by atoms with Gasteiger partial charge >= 0.3 is 0 Å². The van der Waals surface area contributed by atoms with E-state index in [2.05, 4.69) is 0 Å². The maximum Gasteiger partial charge on any atom is 0.0969 e. The molecule has 0 aliphatic carbocycles. The standard InChI is InChI=1S/C5H5NO/c6-3-5-1-2-7-4-5/h1H,2,4H2. The van der Waals surface area contributed by atoms with Crippen LogP contribution in [0.3, 0.4) is 0 Å². The van der Waals surface area contributed by atoms with E-state index in [0.29, 0.717) is 13.2 Å². The molecule has 0 spiro atoms. The van der Waals surface area contributed by atoms with Crippen molar-refractivity contribution in [2.24, 2.45) is 0 Å². The van der Waals surface area contributed by atoms with Crippen LogP contribution in [0.4, 0.5) is 0 Å². The fraction of sp³-hybridized carbons (Fsp3) is 0.400. The average Bonchev–Trinajstić information content (AvgIpc) is 2.14. The summed E-state index contributed by atoms with van der Waals surface area (Å²) in [5.74, 6) is 0. The van der Waals surface area contributed by atoms with E-state index in [4.69, 9.17) is 10.00 Å². The maximum absolute atomic E-state index is 8.17. The van der Waals surface area contributed by atoms with Crippen LogP contribution in [0.2, 0.25) is 0 Å². The molecule has 1 heterocycles. The fourth-order valence-electron chi connectivity index (χ4n) is 0.465. The molecule has 0 saturated heterocycles. The summed E-state index contributed by atoms with van der Waals surface area (Å²) in [7, 11) is 0. The van der Waals surface area contributed by atoms with E-state index in [1.54, 1.807) is 6.08 Å². The third-order valence-electron chi connectivity index (χ3n) is 0.849. The Kier molecular flexibility index (Phi) is 1.10. The molecule has 1 aliphatic heterocycles. The molecule has 0 bridgehead atoms. The lowest BCUT2D eigenvalue weighted by Crippen LogP contribution is -1.82. The lowest BCUT2D eigenvalue weighted by Gasteiger charge is -1.81. The van der Waals surface area contributed by atoms with Gasteiger partial charge in [-0.25, -0.2) is 0 Å². The second-order valence-electron chi connectivity index (χ2n) is 1.36. The Bertz CT molecular complexity index is 132. The maximum atomic E-state index is 8.17. The van der Waals surface area contributed by atoms with Gasteiger partial charge in [-0.3, -0.25) is 0 Å². The molecule has 36 valence electrons. The highest BCUT2D eigenvalue weighted by Crippen LogP contribution is 2.00. The molecule has 2 heteroatoms. The van der Waals surface area contributed by atoms with Crippen LogP contribution in [0.1, 0.15) is 0 Å². The Morgan fingerprint density at radius 1 is 1.86 bits per heavy atom. The van der Waals surface area contributed by atoms with E-state index in [0.717, 1.165) is 5.57 Å². The van der Waals surface area contributed by atoms with Gasteiger partial charge in [0.1, 0.15) is 0 Å². The van der Waals surface area contributed by atoms with E-state index in [-0.39, 0.29) is 0 Å². The highest BCUT2D eigenvalue weighted by molar-refractivity contribution is 5.23. The minimum Gasteiger partial charge on any atom is -0.372 e. The number of hydrogen-bond acceptors (Lipinski definition) is 2. The molecule has 0 aromatic carbocycles. The molecule has 7 heavy (non-hydrogen) atoms. The Morgan fingerprint density at radius 2 is 2.71 bits per heavy atom. The van der Waals surface area contributed by atoms with E-state index in [1.807, 2.05) is 6.07 Å². The van der Waals surface area contributed by atoms with Crippen molar-refractivity contribution in [2.45, 2.75) is 0 Å². The van der Waals surface area contributed by atoms with Crippen molar-refractivity contribution < 1.29 is 4.74 Å². The van der Waals surface area contributed by atoms with Gasteiger partial charge < -0.3 is 4.74 Å². The van der Waals surface area contributed by atoms with Crippen LogP contribution >= 0.6 is 0 Å². The van der Waals surface area contributed by atoms with Gasteiger partial charge in [-0.2, -0.15) is 5.26 Å². The molecular weight excluding hydrogens is 90.1 g/mol. The Morgan fingerprint density at radius 3 is 3.00 bits per heavy atom. The molecule has 0 aromatic heterocycles. The highest BCUT2D eigenvalue weighted by atomic mass is 16.5. The summed E-state index contributed by atoms with van der Waals surface area (Å²) in [6.07, 6.45) is 1.79. The molecule has 0 unspecified atom stereocenters. The molecular formula is C5H5NO. The number of rotatable bonds is 0. The van der Waals surface area contributed by atoms with Gasteiger partial charge in [-0.05, 0) is 6.08 Å². The summed E-state index contributed by atoms with van der Waals surface area (Å²) in [6.45, 7) is 1.12. The molecule has 0 radical (unpaired) electrons. The largest absolute Gasteiger partial charge is 0.372 e. The topological polar surface area (TPSA) is 33.0 Å². The van der Waals surface area contributed by atoms with E-state index >= 15 is 0 Å². The number of hydrogen-bond donors (Lipinski definition) is 0. The fourth-order valence-corrected chi connectivity index (χ4v) is 0.465. The summed E-state index contributed by atoms with van der Waals surface area (Å²) >= 11 is 0. The van der Waals surface area contributed by atoms with Gasteiger partial charge in [0.25, 0.3) is 0 Å². The van der Waals surface area contributed by atoms with Crippen molar-refractivity contribution in [2.75, 3.05) is 13.2 Å². The monoisotopic (exact) mass is 95.0 g/mol. The smallest absolute Gasteiger partial charge is 0.0969 e. The Hall–Kier alpha value is -0.810. The summed E-state index contributed by atoms with van der Waals surface area (Å²) in [4.78, 5) is 0. The number of ether oxygens (including phenoxy) is 1. The highest BCUT2D eigenvalue weighted by Gasteiger charge is 2.00. The van der Waals surface area contributed by atoms with Crippen molar-refractivity contribution in [1.82, 2.24) is 0 Å². The van der Waals surface area contributed by atoms with Crippen LogP contribution in [0, 0.1) is 11.3 Å². The molecule has 0 N–H and O–H groups in total. The first kappa shape index (κ1) is 4.35. The van der Waals surface area contributed by atoms with E-state index in [1.165, 1.54) is 0 Å². The van der Waals surface area contributed by atoms with Gasteiger partial charge in [0.05, 0.1) is 24.9 Å². The quantitative estimate of drug-likeness (QED) is 0.438. The van der Waals surface area contributed by atoms with Crippen molar-refractivity contribution in [3.8, 4) is 6.07 Å². The third kappa shape index (κ3) is 0.787. The lowest BCUT2D eigenvalue weighted by molar-refractivity contribution is 0.210. The van der Waals surface area contributed by atoms with Crippen LogP contribution in [-0.4, -0.2) is 13.2 Å². The predicted octanol–water partition coefficient (Wildman–Crippen LogP) is 0.467. The zero-order valence-corrected chi connectivity index (χ0v) is 3.85. The molecule has 0 aromatic rings. The third-order valence-corrected chi connectivity index (χ3v) is 0.849. The van der Waals surface area contributed by atoms with Crippen molar-refractivity contribution in [3.05, 3.63) is 11.6 Å². The second kappa shape index (κ2) is 1.76. The predicted molar refractivity (Wildman–Crippen MR) is 24.5 cm³/mol. The first-order valence-electron chi connectivity index (χ1n) is 2.10. The van der Waals surface area contributed by atoms with Gasteiger partial charge in [0, 0.05) is 0 Å². The van der Waals surface area contributed by atoms with Crippen molar-refractivity contribution >= 4 is 0 Å². The molecule has 2 nitrogen and oxygen atoms in total. The second-order valence-corrected chi connectivity index (χ2v) is 1.36. The Balaban J connectivity index is 2.57. The summed E-state index contributed by atoms with van der Waals surface area (Å²) in [5, 5.41) is 8.17. The zero-order chi connectivity index (χ0) is 5.11. The first-order chi connectivity index (χ1) is 3.43. The Labute approximate surface area is 42.0 Å². The van der Waals surface area contributed by atoms with Crippen LogP contribution in [-0.2, 0) is 4.74 Å². The molecule has 1 rings (SSSR count). The summed E-state index contributed by atoms with van der Waals surface area (Å²) < 4.78 is 4.83. The van der Waals surface area contributed by atoms with Gasteiger partial charge in [0.15, 0.2) is 0 Å².